The van der Waals surface area contributed by atoms with Crippen molar-refractivity contribution in [3.63, 3.8) is 0 Å². The Labute approximate surface area is 190 Å². The molecular weight excluding hydrogens is 452 g/mol. The normalized spacial score (nSPS) is 10.7. The number of thiophene rings is 1. The van der Waals surface area contributed by atoms with Crippen molar-refractivity contribution in [3.05, 3.63) is 69.6 Å². The van der Waals surface area contributed by atoms with E-state index in [9.17, 15) is 9.59 Å². The molecule has 0 aliphatic carbocycles. The SMILES string of the molecule is Cn1cnnc1SCc1ccc(C(=O)NNC(=O)Cc2csc(-c3ccsc3)n2)cc1. The van der Waals surface area contributed by atoms with Crippen LogP contribution in [0.4, 0.5) is 0 Å². The maximum atomic E-state index is 12.3. The van der Waals surface area contributed by atoms with Gasteiger partial charge in [0.25, 0.3) is 5.91 Å². The Balaban J connectivity index is 1.24. The fourth-order valence-corrected chi connectivity index (χ4v) is 4.99. The van der Waals surface area contributed by atoms with E-state index in [0.717, 1.165) is 21.3 Å². The Hall–Kier alpha value is -3.02. The summed E-state index contributed by atoms with van der Waals surface area (Å²) in [7, 11) is 1.89. The van der Waals surface area contributed by atoms with E-state index in [0.29, 0.717) is 17.0 Å². The number of hydrazine groups is 1. The molecule has 0 fully saturated rings. The number of nitrogens with zero attached hydrogens (tertiary/aromatic N) is 4. The monoisotopic (exact) mass is 470 g/mol. The quantitative estimate of drug-likeness (QED) is 0.317. The van der Waals surface area contributed by atoms with E-state index in [1.54, 1.807) is 41.6 Å². The van der Waals surface area contributed by atoms with E-state index in [1.165, 1.54) is 11.3 Å². The minimum absolute atomic E-state index is 0.0964. The van der Waals surface area contributed by atoms with Crippen LogP contribution >= 0.6 is 34.4 Å². The number of rotatable bonds is 7. The molecule has 11 heteroatoms. The molecule has 0 saturated carbocycles. The number of hydrogen-bond acceptors (Lipinski definition) is 8. The van der Waals surface area contributed by atoms with Crippen molar-refractivity contribution in [2.24, 2.45) is 7.05 Å². The molecule has 8 nitrogen and oxygen atoms in total. The predicted octanol–water partition coefficient (Wildman–Crippen LogP) is 3.30. The zero-order valence-electron chi connectivity index (χ0n) is 16.4. The predicted molar refractivity (Wildman–Crippen MR) is 122 cm³/mol. The van der Waals surface area contributed by atoms with Crippen LogP contribution in [0.3, 0.4) is 0 Å². The van der Waals surface area contributed by atoms with Gasteiger partial charge in [-0.15, -0.1) is 21.5 Å². The average molecular weight is 471 g/mol. The Morgan fingerprint density at radius 1 is 1.13 bits per heavy atom. The van der Waals surface area contributed by atoms with Gasteiger partial charge in [-0.25, -0.2) is 4.98 Å². The fourth-order valence-electron chi connectivity index (χ4n) is 2.62. The van der Waals surface area contributed by atoms with Gasteiger partial charge < -0.3 is 4.57 Å². The fraction of sp³-hybridized carbons (Fsp3) is 0.150. The molecule has 0 aliphatic heterocycles. The third-order valence-electron chi connectivity index (χ3n) is 4.23. The molecule has 0 unspecified atom stereocenters. The van der Waals surface area contributed by atoms with Gasteiger partial charge in [0.15, 0.2) is 5.16 Å². The molecule has 4 rings (SSSR count). The first kappa shape index (κ1) is 21.2. The molecule has 0 spiro atoms. The summed E-state index contributed by atoms with van der Waals surface area (Å²) in [6, 6.07) is 9.19. The van der Waals surface area contributed by atoms with Crippen LogP contribution in [0.5, 0.6) is 0 Å². The molecule has 3 aromatic heterocycles. The number of hydrogen-bond donors (Lipinski definition) is 2. The van der Waals surface area contributed by atoms with E-state index in [-0.39, 0.29) is 18.2 Å². The molecule has 2 N–H and O–H groups in total. The first-order valence-electron chi connectivity index (χ1n) is 9.20. The van der Waals surface area contributed by atoms with Crippen molar-refractivity contribution >= 4 is 46.2 Å². The minimum atomic E-state index is -0.377. The molecule has 4 aromatic rings. The Morgan fingerprint density at radius 3 is 2.68 bits per heavy atom. The van der Waals surface area contributed by atoms with Crippen LogP contribution in [0.25, 0.3) is 10.6 Å². The van der Waals surface area contributed by atoms with Crippen LogP contribution in [0.1, 0.15) is 21.6 Å². The van der Waals surface area contributed by atoms with Crippen LogP contribution < -0.4 is 10.9 Å². The molecule has 0 radical (unpaired) electrons. The maximum absolute atomic E-state index is 12.3. The lowest BCUT2D eigenvalue weighted by atomic mass is 10.1. The van der Waals surface area contributed by atoms with Crippen LogP contribution in [-0.2, 0) is 24.0 Å². The summed E-state index contributed by atoms with van der Waals surface area (Å²) >= 11 is 4.66. The van der Waals surface area contributed by atoms with E-state index in [1.807, 2.05) is 46.0 Å². The molecule has 3 heterocycles. The van der Waals surface area contributed by atoms with Gasteiger partial charge >= 0.3 is 0 Å². The highest BCUT2D eigenvalue weighted by molar-refractivity contribution is 7.98. The van der Waals surface area contributed by atoms with Gasteiger partial charge in [-0.2, -0.15) is 11.3 Å². The third kappa shape index (κ3) is 5.57. The minimum Gasteiger partial charge on any atom is -0.312 e. The summed E-state index contributed by atoms with van der Waals surface area (Å²) in [6.07, 6.45) is 1.75. The highest BCUT2D eigenvalue weighted by Crippen LogP contribution is 2.25. The molecule has 2 amide bonds. The van der Waals surface area contributed by atoms with Crippen LogP contribution in [0.2, 0.25) is 0 Å². The molecule has 0 saturated heterocycles. The molecule has 0 bridgehead atoms. The number of amides is 2. The first-order valence-corrected chi connectivity index (χ1v) is 12.0. The summed E-state index contributed by atoms with van der Waals surface area (Å²) in [4.78, 5) is 28.9. The highest BCUT2D eigenvalue weighted by atomic mass is 32.2. The number of carbonyl (C=O) groups is 2. The van der Waals surface area contributed by atoms with E-state index >= 15 is 0 Å². The number of nitrogens with one attached hydrogen (secondary N) is 2. The van der Waals surface area contributed by atoms with Crippen LogP contribution in [0.15, 0.2) is 58.0 Å². The van der Waals surface area contributed by atoms with Gasteiger partial charge in [-0.05, 0) is 29.1 Å². The topological polar surface area (TPSA) is 102 Å². The van der Waals surface area contributed by atoms with Gasteiger partial charge in [0.2, 0.25) is 5.91 Å². The van der Waals surface area contributed by atoms with Gasteiger partial charge in [-0.1, -0.05) is 23.9 Å². The van der Waals surface area contributed by atoms with Crippen molar-refractivity contribution < 1.29 is 9.59 Å². The standard InChI is InChI=1S/C20H18N6O2S3/c1-26-12-21-25-20(26)31-9-13-2-4-14(5-3-13)18(28)24-23-17(27)8-16-11-30-19(22-16)15-6-7-29-10-15/h2-7,10-12H,8-9H2,1H3,(H,23,27)(H,24,28). The first-order chi connectivity index (χ1) is 15.1. The lowest BCUT2D eigenvalue weighted by Gasteiger charge is -2.07. The second-order valence-corrected chi connectivity index (χ2v) is 9.13. The summed E-state index contributed by atoms with van der Waals surface area (Å²) in [5.41, 5.74) is 8.12. The van der Waals surface area contributed by atoms with Gasteiger partial charge in [0.05, 0.1) is 12.1 Å². The largest absolute Gasteiger partial charge is 0.312 e. The van der Waals surface area contributed by atoms with Gasteiger partial charge in [0, 0.05) is 34.7 Å². The summed E-state index contributed by atoms with van der Waals surface area (Å²) in [5.74, 6) is 0.0110. The number of aryl methyl sites for hydroxylation is 1. The molecule has 0 aliphatic rings. The molecule has 158 valence electrons. The second kappa shape index (κ2) is 9.86. The summed E-state index contributed by atoms with van der Waals surface area (Å²) in [5, 5.41) is 15.4. The van der Waals surface area contributed by atoms with Gasteiger partial charge in [-0.3, -0.25) is 20.4 Å². The Kier molecular flexibility index (Phi) is 6.75. The van der Waals surface area contributed by atoms with Crippen LogP contribution in [0, 0.1) is 0 Å². The number of thiazole rings is 1. The smallest absolute Gasteiger partial charge is 0.269 e. The van der Waals surface area contributed by atoms with Crippen molar-refractivity contribution in [3.8, 4) is 10.6 Å². The van der Waals surface area contributed by atoms with Gasteiger partial charge in [0.1, 0.15) is 11.3 Å². The molecule has 1 aromatic carbocycles. The van der Waals surface area contributed by atoms with Crippen molar-refractivity contribution in [1.82, 2.24) is 30.6 Å². The Bertz CT molecular complexity index is 1170. The second-order valence-electron chi connectivity index (χ2n) is 6.55. The van der Waals surface area contributed by atoms with E-state index in [4.69, 9.17) is 0 Å². The van der Waals surface area contributed by atoms with Crippen molar-refractivity contribution in [1.29, 1.82) is 0 Å². The molecule has 31 heavy (non-hydrogen) atoms. The summed E-state index contributed by atoms with van der Waals surface area (Å²) in [6.45, 7) is 0. The van der Waals surface area contributed by atoms with Crippen LogP contribution in [-0.4, -0.2) is 31.6 Å². The van der Waals surface area contributed by atoms with Crippen molar-refractivity contribution in [2.75, 3.05) is 0 Å². The zero-order chi connectivity index (χ0) is 21.6. The maximum Gasteiger partial charge on any atom is 0.269 e. The number of benzene rings is 1. The molecule has 0 atom stereocenters. The lowest BCUT2D eigenvalue weighted by molar-refractivity contribution is -0.121. The van der Waals surface area contributed by atoms with E-state index in [2.05, 4.69) is 26.0 Å². The van der Waals surface area contributed by atoms with E-state index < -0.39 is 0 Å². The zero-order valence-corrected chi connectivity index (χ0v) is 18.9. The highest BCUT2D eigenvalue weighted by Gasteiger charge is 2.11. The summed E-state index contributed by atoms with van der Waals surface area (Å²) < 4.78 is 1.85. The third-order valence-corrected chi connectivity index (χ3v) is 6.96. The van der Waals surface area contributed by atoms with Crippen molar-refractivity contribution in [2.45, 2.75) is 17.3 Å². The molecular formula is C20H18N6O2S3. The Morgan fingerprint density at radius 2 is 1.97 bits per heavy atom. The number of aromatic nitrogens is 4. The number of thioether (sulfide) groups is 1. The lowest BCUT2D eigenvalue weighted by Crippen LogP contribution is -2.42. The number of carbonyl (C=O) groups excluding carboxylic acids is 2. The average Bonchev–Trinajstić information content (AvgIpc) is 3.53.